The number of carbonyl (C=O) groups is 2. The van der Waals surface area contributed by atoms with Gasteiger partial charge in [-0.2, -0.15) is 0 Å². The number of primary amides is 1. The predicted octanol–water partition coefficient (Wildman–Crippen LogP) is 1.79. The molecule has 0 aliphatic heterocycles. The molecule has 0 bridgehead atoms. The lowest BCUT2D eigenvalue weighted by Crippen LogP contribution is -2.37. The van der Waals surface area contributed by atoms with Crippen LogP contribution in [0.5, 0.6) is 0 Å². The number of carbonyl (C=O) groups excluding carboxylic acids is 2. The van der Waals surface area contributed by atoms with Gasteiger partial charge in [0, 0.05) is 23.5 Å². The van der Waals surface area contributed by atoms with Crippen molar-refractivity contribution in [1.82, 2.24) is 9.88 Å². The van der Waals surface area contributed by atoms with Crippen LogP contribution in [-0.4, -0.2) is 16.4 Å². The maximum atomic E-state index is 12.5. The molecule has 0 aliphatic carbocycles. The minimum atomic E-state index is -0.917. The van der Waals surface area contributed by atoms with E-state index in [4.69, 9.17) is 5.73 Å². The molecular weight excluding hydrogens is 330 g/mol. The number of aromatic nitrogens is 1. The number of nitrogens with zero attached hydrogens (tertiary/aromatic N) is 1. The summed E-state index contributed by atoms with van der Waals surface area (Å²) in [6.45, 7) is 0. The highest BCUT2D eigenvalue weighted by Crippen LogP contribution is 2.14. The molecule has 6 heteroatoms. The lowest BCUT2D eigenvalue weighted by Gasteiger charge is -2.16. The molecule has 2 amide bonds. The van der Waals surface area contributed by atoms with Crippen molar-refractivity contribution in [2.45, 2.75) is 6.04 Å². The second-order valence-corrected chi connectivity index (χ2v) is 5.68. The molecule has 6 nitrogen and oxygen atoms in total. The number of nitrogens with two attached hydrogens (primary N) is 1. The summed E-state index contributed by atoms with van der Waals surface area (Å²) in [5, 5.41) is 2.64. The van der Waals surface area contributed by atoms with Crippen molar-refractivity contribution in [2.75, 3.05) is 0 Å². The van der Waals surface area contributed by atoms with Crippen LogP contribution in [0.15, 0.2) is 83.8 Å². The van der Waals surface area contributed by atoms with Gasteiger partial charge >= 0.3 is 0 Å². The third-order valence-corrected chi connectivity index (χ3v) is 3.92. The molecule has 1 heterocycles. The van der Waals surface area contributed by atoms with E-state index in [1.54, 1.807) is 66.9 Å². The van der Waals surface area contributed by atoms with Crippen molar-refractivity contribution in [1.29, 1.82) is 0 Å². The molecule has 2 aromatic carbocycles. The first-order valence-electron chi connectivity index (χ1n) is 7.99. The van der Waals surface area contributed by atoms with Crippen LogP contribution in [0.1, 0.15) is 22.0 Å². The Kier molecular flexibility index (Phi) is 4.94. The molecule has 1 unspecified atom stereocenters. The minimum absolute atomic E-state index is 0.164. The topological polar surface area (TPSA) is 94.2 Å². The fourth-order valence-electron chi connectivity index (χ4n) is 2.59. The zero-order valence-corrected chi connectivity index (χ0v) is 13.8. The van der Waals surface area contributed by atoms with Crippen molar-refractivity contribution < 1.29 is 9.59 Å². The number of pyridine rings is 1. The van der Waals surface area contributed by atoms with E-state index in [1.165, 1.54) is 10.6 Å². The smallest absolute Gasteiger partial charge is 0.255 e. The summed E-state index contributed by atoms with van der Waals surface area (Å²) in [6, 6.07) is 19.3. The van der Waals surface area contributed by atoms with E-state index in [0.717, 1.165) is 0 Å². The van der Waals surface area contributed by atoms with Crippen molar-refractivity contribution in [3.63, 3.8) is 0 Å². The molecule has 3 rings (SSSR count). The van der Waals surface area contributed by atoms with Crippen molar-refractivity contribution in [3.8, 4) is 5.69 Å². The molecule has 130 valence electrons. The molecule has 1 aromatic heterocycles. The molecular formula is C20H17N3O3. The van der Waals surface area contributed by atoms with E-state index in [2.05, 4.69) is 5.32 Å². The number of benzene rings is 2. The van der Waals surface area contributed by atoms with E-state index in [-0.39, 0.29) is 5.56 Å². The first kappa shape index (κ1) is 17.2. The first-order chi connectivity index (χ1) is 12.6. The first-order valence-corrected chi connectivity index (χ1v) is 7.99. The van der Waals surface area contributed by atoms with Gasteiger partial charge in [0.25, 0.3) is 11.5 Å². The van der Waals surface area contributed by atoms with Crippen LogP contribution in [0.4, 0.5) is 0 Å². The van der Waals surface area contributed by atoms with Gasteiger partial charge in [-0.1, -0.05) is 36.4 Å². The van der Waals surface area contributed by atoms with E-state index < -0.39 is 17.9 Å². The van der Waals surface area contributed by atoms with Gasteiger partial charge in [0.05, 0.1) is 0 Å². The summed E-state index contributed by atoms with van der Waals surface area (Å²) < 4.78 is 1.47. The molecule has 0 saturated heterocycles. The third-order valence-electron chi connectivity index (χ3n) is 3.92. The normalized spacial score (nSPS) is 11.5. The molecule has 3 aromatic rings. The standard InChI is InChI=1S/C20H17N3O3/c21-19(25)18(14-6-2-1-3-7-14)22-20(26)15-9-11-16(12-10-15)23-13-5-4-8-17(23)24/h1-13,18H,(H2,21,25)(H,22,26). The monoisotopic (exact) mass is 347 g/mol. The average Bonchev–Trinajstić information content (AvgIpc) is 2.67. The SMILES string of the molecule is NC(=O)C(NC(=O)c1ccc(-n2ccccc2=O)cc1)c1ccccc1. The Labute approximate surface area is 149 Å². The number of hydrogen-bond donors (Lipinski definition) is 2. The Hall–Kier alpha value is -3.67. The van der Waals surface area contributed by atoms with Gasteiger partial charge in [0.1, 0.15) is 6.04 Å². The van der Waals surface area contributed by atoms with Gasteiger partial charge in [0.2, 0.25) is 5.91 Å². The lowest BCUT2D eigenvalue weighted by atomic mass is 10.1. The van der Waals surface area contributed by atoms with Gasteiger partial charge in [0.15, 0.2) is 0 Å². The maximum Gasteiger partial charge on any atom is 0.255 e. The predicted molar refractivity (Wildman–Crippen MR) is 97.9 cm³/mol. The lowest BCUT2D eigenvalue weighted by molar-refractivity contribution is -0.120. The third kappa shape index (κ3) is 3.70. The van der Waals surface area contributed by atoms with Crippen LogP contribution in [0.25, 0.3) is 5.69 Å². The minimum Gasteiger partial charge on any atom is -0.368 e. The largest absolute Gasteiger partial charge is 0.368 e. The highest BCUT2D eigenvalue weighted by Gasteiger charge is 2.20. The fourth-order valence-corrected chi connectivity index (χ4v) is 2.59. The van der Waals surface area contributed by atoms with Crippen molar-refractivity contribution in [3.05, 3.63) is 100 Å². The average molecular weight is 347 g/mol. The summed E-state index contributed by atoms with van der Waals surface area (Å²) >= 11 is 0. The number of amides is 2. The molecule has 0 radical (unpaired) electrons. The molecule has 0 aliphatic rings. The molecule has 0 saturated carbocycles. The number of rotatable bonds is 5. The summed E-state index contributed by atoms with van der Waals surface area (Å²) in [4.78, 5) is 36.0. The van der Waals surface area contributed by atoms with Gasteiger partial charge in [-0.15, -0.1) is 0 Å². The Morgan fingerprint density at radius 2 is 1.54 bits per heavy atom. The number of hydrogen-bond acceptors (Lipinski definition) is 3. The Morgan fingerprint density at radius 3 is 2.15 bits per heavy atom. The van der Waals surface area contributed by atoms with Crippen LogP contribution in [0.3, 0.4) is 0 Å². The highest BCUT2D eigenvalue weighted by molar-refractivity contribution is 5.97. The number of nitrogens with one attached hydrogen (secondary N) is 1. The second kappa shape index (κ2) is 7.48. The van der Waals surface area contributed by atoms with E-state index >= 15 is 0 Å². The van der Waals surface area contributed by atoms with Gasteiger partial charge in [-0.3, -0.25) is 19.0 Å². The maximum absolute atomic E-state index is 12.5. The van der Waals surface area contributed by atoms with Crippen molar-refractivity contribution in [2.24, 2.45) is 5.73 Å². The zero-order valence-electron chi connectivity index (χ0n) is 13.8. The van der Waals surface area contributed by atoms with Gasteiger partial charge in [-0.05, 0) is 35.9 Å². The Bertz CT molecular complexity index is 979. The molecule has 0 fully saturated rings. The fraction of sp³-hybridized carbons (Fsp3) is 0.0500. The summed E-state index contributed by atoms with van der Waals surface area (Å²) in [6.07, 6.45) is 1.65. The molecule has 3 N–H and O–H groups in total. The van der Waals surface area contributed by atoms with Crippen LogP contribution in [-0.2, 0) is 4.79 Å². The summed E-state index contributed by atoms with van der Waals surface area (Å²) in [5.74, 6) is -1.07. The zero-order chi connectivity index (χ0) is 18.5. The van der Waals surface area contributed by atoms with Gasteiger partial charge in [-0.25, -0.2) is 0 Å². The van der Waals surface area contributed by atoms with Gasteiger partial charge < -0.3 is 11.1 Å². The van der Waals surface area contributed by atoms with Crippen LogP contribution >= 0.6 is 0 Å². The summed E-state index contributed by atoms with van der Waals surface area (Å²) in [5.41, 5.74) is 6.87. The van der Waals surface area contributed by atoms with E-state index in [9.17, 15) is 14.4 Å². The Balaban J connectivity index is 1.81. The quantitative estimate of drug-likeness (QED) is 0.737. The van der Waals surface area contributed by atoms with Crippen LogP contribution < -0.4 is 16.6 Å². The highest BCUT2D eigenvalue weighted by atomic mass is 16.2. The van der Waals surface area contributed by atoms with E-state index in [1.807, 2.05) is 6.07 Å². The van der Waals surface area contributed by atoms with Crippen LogP contribution in [0.2, 0.25) is 0 Å². The molecule has 0 spiro atoms. The van der Waals surface area contributed by atoms with Crippen LogP contribution in [0, 0.1) is 0 Å². The Morgan fingerprint density at radius 1 is 0.885 bits per heavy atom. The van der Waals surface area contributed by atoms with E-state index in [0.29, 0.717) is 16.8 Å². The molecule has 26 heavy (non-hydrogen) atoms. The van der Waals surface area contributed by atoms with Crippen molar-refractivity contribution >= 4 is 11.8 Å². The second-order valence-electron chi connectivity index (χ2n) is 5.68. The summed E-state index contributed by atoms with van der Waals surface area (Å²) in [7, 11) is 0. The molecule has 1 atom stereocenters.